The van der Waals surface area contributed by atoms with Crippen LogP contribution in [0.5, 0.6) is 0 Å². The van der Waals surface area contributed by atoms with E-state index in [0.29, 0.717) is 0 Å². The van der Waals surface area contributed by atoms with Gasteiger partial charge in [0, 0.05) is 0 Å². The van der Waals surface area contributed by atoms with Crippen LogP contribution in [0, 0.1) is 0 Å². The summed E-state index contributed by atoms with van der Waals surface area (Å²) < 4.78 is 0. The highest BCUT2D eigenvalue weighted by atomic mass is 32.3. The van der Waals surface area contributed by atoms with Crippen molar-refractivity contribution in [1.82, 2.24) is 0 Å². The average molecular weight is 349 g/mol. The Kier molecular flexibility index (Phi) is 4.43. The molecule has 1 heterocycles. The number of rotatable bonds is 4. The zero-order valence-corrected chi connectivity index (χ0v) is 15.7. The van der Waals surface area contributed by atoms with Gasteiger partial charge in [0.15, 0.2) is 0 Å². The molecule has 1 aliphatic heterocycles. The van der Waals surface area contributed by atoms with Crippen molar-refractivity contribution in [3.8, 4) is 0 Å². The topological polar surface area (TPSA) is 0 Å². The van der Waals surface area contributed by atoms with Crippen LogP contribution in [-0.4, -0.2) is 11.5 Å². The van der Waals surface area contributed by atoms with E-state index in [2.05, 4.69) is 91.0 Å². The second kappa shape index (κ2) is 6.72. The minimum atomic E-state index is -2.23. The van der Waals surface area contributed by atoms with Crippen molar-refractivity contribution >= 4 is 9.16 Å². The quantitative estimate of drug-likeness (QED) is 0.507. The highest BCUT2D eigenvalue weighted by Crippen LogP contribution is 2.83. The molecule has 0 aliphatic carbocycles. The second-order valence-corrected chi connectivity index (χ2v) is 13.3. The third-order valence-electron chi connectivity index (χ3n) is 6.17. The summed E-state index contributed by atoms with van der Waals surface area (Å²) in [6.07, 6.45) is 4.09. The summed E-state index contributed by atoms with van der Waals surface area (Å²) in [5, 5.41) is 0. The number of hydrogen-bond acceptors (Lipinski definition) is 0. The molecule has 0 nitrogen and oxygen atoms in total. The molecule has 130 valence electrons. The van der Waals surface area contributed by atoms with Crippen LogP contribution in [0.2, 0.25) is 0 Å². The fourth-order valence-corrected chi connectivity index (χ4v) is 12.2. The third kappa shape index (κ3) is 2.81. The molecular formula is C24H28S. The Hall–Kier alpha value is -1.99. The molecule has 0 spiro atoms. The SMILES string of the molecule is c1ccc(C[SH]2(c3ccccc3)(c3ccccc3)CCCCC2)cc1. The average Bonchev–Trinajstić information content (AvgIpc) is 2.71. The van der Waals surface area contributed by atoms with E-state index in [0.717, 1.165) is 0 Å². The van der Waals surface area contributed by atoms with Crippen molar-refractivity contribution in [1.29, 1.82) is 0 Å². The molecule has 1 saturated heterocycles. The van der Waals surface area contributed by atoms with Crippen molar-refractivity contribution in [2.45, 2.75) is 34.8 Å². The molecule has 1 fully saturated rings. The summed E-state index contributed by atoms with van der Waals surface area (Å²) in [4.78, 5) is 3.23. The highest BCUT2D eigenvalue weighted by Gasteiger charge is 2.45. The standard InChI is InChI=1S/C24H28S/c1-5-13-22(14-6-1)21-25(19-11-4-12-20-25,23-15-7-2-8-16-23)24-17-9-3-10-18-24/h1-3,5-10,13-18,25H,4,11-12,19-21H2. The summed E-state index contributed by atoms with van der Waals surface area (Å²) in [5.41, 5.74) is 1.50. The van der Waals surface area contributed by atoms with Gasteiger partial charge < -0.3 is 0 Å². The van der Waals surface area contributed by atoms with Gasteiger partial charge >= 0.3 is 0 Å². The molecule has 1 heteroatoms. The summed E-state index contributed by atoms with van der Waals surface area (Å²) >= 11 is 0. The fourth-order valence-electron chi connectivity index (χ4n) is 4.94. The number of thiol groups is 1. The van der Waals surface area contributed by atoms with Crippen LogP contribution in [0.25, 0.3) is 0 Å². The van der Waals surface area contributed by atoms with Gasteiger partial charge in [-0.1, -0.05) is 97.4 Å². The highest BCUT2D eigenvalue weighted by molar-refractivity contribution is 8.49. The van der Waals surface area contributed by atoms with E-state index < -0.39 is 9.16 Å². The van der Waals surface area contributed by atoms with Gasteiger partial charge in [-0.3, -0.25) is 0 Å². The number of benzene rings is 3. The smallest absolute Gasteiger partial charge is 0.00374 e. The van der Waals surface area contributed by atoms with Crippen molar-refractivity contribution in [3.05, 3.63) is 96.6 Å². The molecular weight excluding hydrogens is 320 g/mol. The molecule has 4 rings (SSSR count). The maximum absolute atomic E-state index is 2.42. The van der Waals surface area contributed by atoms with E-state index in [4.69, 9.17) is 0 Å². The molecule has 0 atom stereocenters. The van der Waals surface area contributed by atoms with Crippen LogP contribution < -0.4 is 0 Å². The Labute approximate surface area is 152 Å². The van der Waals surface area contributed by atoms with Gasteiger partial charge in [-0.15, -0.1) is 0 Å². The monoisotopic (exact) mass is 348 g/mol. The van der Waals surface area contributed by atoms with Crippen molar-refractivity contribution in [2.24, 2.45) is 0 Å². The van der Waals surface area contributed by atoms with Crippen molar-refractivity contribution < 1.29 is 0 Å². The van der Waals surface area contributed by atoms with Crippen LogP contribution in [0.4, 0.5) is 0 Å². The molecule has 3 aromatic rings. The molecule has 0 aromatic heterocycles. The maximum Gasteiger partial charge on any atom is -0.00374 e. The summed E-state index contributed by atoms with van der Waals surface area (Å²) in [5.74, 6) is 3.92. The molecule has 0 amide bonds. The minimum Gasteiger partial charge on any atom is -0.238 e. The Balaban J connectivity index is 1.98. The number of hydrogen-bond donors (Lipinski definition) is 1. The molecule has 3 aromatic carbocycles. The summed E-state index contributed by atoms with van der Waals surface area (Å²) in [6, 6.07) is 34.1. The first-order valence-corrected chi connectivity index (χ1v) is 12.3. The first-order chi connectivity index (χ1) is 12.3. The summed E-state index contributed by atoms with van der Waals surface area (Å²) in [7, 11) is -2.23. The minimum absolute atomic E-state index is 1.21. The second-order valence-electron chi connectivity index (χ2n) is 7.55. The van der Waals surface area contributed by atoms with Gasteiger partial charge in [-0.25, -0.2) is 9.16 Å². The normalized spacial score (nSPS) is 20.2. The van der Waals surface area contributed by atoms with Crippen LogP contribution in [0.3, 0.4) is 0 Å². The molecule has 0 saturated carbocycles. The van der Waals surface area contributed by atoms with Gasteiger partial charge in [0.2, 0.25) is 0 Å². The van der Waals surface area contributed by atoms with Crippen LogP contribution >= 0.6 is 9.16 Å². The van der Waals surface area contributed by atoms with E-state index in [1.807, 2.05) is 0 Å². The van der Waals surface area contributed by atoms with Crippen molar-refractivity contribution in [2.75, 3.05) is 11.5 Å². The van der Waals surface area contributed by atoms with Crippen LogP contribution in [0.15, 0.2) is 101 Å². The van der Waals surface area contributed by atoms with Gasteiger partial charge in [-0.2, -0.15) is 0 Å². The third-order valence-corrected chi connectivity index (χ3v) is 13.4. The van der Waals surface area contributed by atoms with E-state index in [1.165, 1.54) is 42.1 Å². The lowest BCUT2D eigenvalue weighted by molar-refractivity contribution is 0.739. The largest absolute Gasteiger partial charge is 0.238 e. The predicted octanol–water partition coefficient (Wildman–Crippen LogP) is 6.56. The lowest BCUT2D eigenvalue weighted by Gasteiger charge is -2.65. The Morgan fingerprint density at radius 1 is 0.520 bits per heavy atom. The van der Waals surface area contributed by atoms with Crippen LogP contribution in [-0.2, 0) is 5.75 Å². The molecule has 25 heavy (non-hydrogen) atoms. The Morgan fingerprint density at radius 3 is 1.44 bits per heavy atom. The van der Waals surface area contributed by atoms with E-state index in [9.17, 15) is 0 Å². The first kappa shape index (κ1) is 16.5. The fraction of sp³-hybridized carbons (Fsp3) is 0.250. The Morgan fingerprint density at radius 2 is 0.960 bits per heavy atom. The van der Waals surface area contributed by atoms with Gasteiger partial charge in [-0.05, 0) is 45.5 Å². The molecule has 0 unspecified atom stereocenters. The van der Waals surface area contributed by atoms with E-state index >= 15 is 0 Å². The van der Waals surface area contributed by atoms with Crippen LogP contribution in [0.1, 0.15) is 24.8 Å². The molecule has 0 bridgehead atoms. The predicted molar refractivity (Wildman–Crippen MR) is 112 cm³/mol. The molecule has 1 aliphatic rings. The molecule has 0 N–H and O–H groups in total. The van der Waals surface area contributed by atoms with Crippen molar-refractivity contribution in [3.63, 3.8) is 0 Å². The molecule has 0 radical (unpaired) electrons. The lowest BCUT2D eigenvalue weighted by Crippen LogP contribution is -2.32. The van der Waals surface area contributed by atoms with E-state index in [1.54, 1.807) is 9.79 Å². The van der Waals surface area contributed by atoms with Gasteiger partial charge in [0.1, 0.15) is 0 Å². The maximum atomic E-state index is 2.42. The Bertz CT molecular complexity index is 759. The lowest BCUT2D eigenvalue weighted by atomic mass is 10.2. The van der Waals surface area contributed by atoms with Gasteiger partial charge in [0.25, 0.3) is 0 Å². The van der Waals surface area contributed by atoms with E-state index in [-0.39, 0.29) is 0 Å². The first-order valence-electron chi connectivity index (χ1n) is 9.48. The van der Waals surface area contributed by atoms with Gasteiger partial charge in [0.05, 0.1) is 0 Å². The summed E-state index contributed by atoms with van der Waals surface area (Å²) in [6.45, 7) is 0. The zero-order valence-electron chi connectivity index (χ0n) is 14.9. The zero-order chi connectivity index (χ0) is 17.0.